The third-order valence-electron chi connectivity index (χ3n) is 3.85. The first kappa shape index (κ1) is 14.0. The Bertz CT molecular complexity index is 201. The minimum Gasteiger partial charge on any atom is -0.392 e. The van der Waals surface area contributed by atoms with Crippen LogP contribution < -0.4 is 5.32 Å². The van der Waals surface area contributed by atoms with Crippen LogP contribution in [-0.4, -0.2) is 23.8 Å². The summed E-state index contributed by atoms with van der Waals surface area (Å²) in [5.41, 5.74) is 0.399. The summed E-state index contributed by atoms with van der Waals surface area (Å²) in [6.45, 7) is 9.77. The summed E-state index contributed by atoms with van der Waals surface area (Å²) in [7, 11) is 0. The quantitative estimate of drug-likeness (QED) is 0.757. The second-order valence-corrected chi connectivity index (χ2v) is 6.48. The van der Waals surface area contributed by atoms with Crippen molar-refractivity contribution in [3.63, 3.8) is 0 Å². The highest BCUT2D eigenvalue weighted by Gasteiger charge is 2.31. The molecule has 2 unspecified atom stereocenters. The summed E-state index contributed by atoms with van der Waals surface area (Å²) in [6.07, 6.45) is 5.99. The molecular formula is C14H29NO. The number of hydrogen-bond acceptors (Lipinski definition) is 2. The van der Waals surface area contributed by atoms with E-state index >= 15 is 0 Å². The molecule has 0 amide bonds. The molecule has 0 spiro atoms. The van der Waals surface area contributed by atoms with Crippen molar-refractivity contribution in [3.8, 4) is 0 Å². The molecule has 0 aromatic rings. The maximum Gasteiger partial charge on any atom is 0.0667 e. The molecule has 16 heavy (non-hydrogen) atoms. The van der Waals surface area contributed by atoms with Crippen LogP contribution >= 0.6 is 0 Å². The van der Waals surface area contributed by atoms with Crippen LogP contribution in [0.15, 0.2) is 0 Å². The van der Waals surface area contributed by atoms with Gasteiger partial charge in [-0.05, 0) is 30.6 Å². The molecule has 1 saturated carbocycles. The Hall–Kier alpha value is -0.0800. The Morgan fingerprint density at radius 2 is 2.00 bits per heavy atom. The van der Waals surface area contributed by atoms with Gasteiger partial charge in [0.1, 0.15) is 0 Å². The van der Waals surface area contributed by atoms with Gasteiger partial charge in [0.25, 0.3) is 0 Å². The Morgan fingerprint density at radius 1 is 1.31 bits per heavy atom. The van der Waals surface area contributed by atoms with Gasteiger partial charge in [-0.2, -0.15) is 0 Å². The van der Waals surface area contributed by atoms with Crippen LogP contribution in [0.25, 0.3) is 0 Å². The molecule has 0 aromatic heterocycles. The van der Waals surface area contributed by atoms with Crippen LogP contribution in [0.4, 0.5) is 0 Å². The molecule has 1 aliphatic carbocycles. The van der Waals surface area contributed by atoms with Crippen molar-refractivity contribution in [1.82, 2.24) is 5.32 Å². The second kappa shape index (κ2) is 6.02. The zero-order valence-corrected chi connectivity index (χ0v) is 11.4. The van der Waals surface area contributed by atoms with E-state index < -0.39 is 0 Å². The van der Waals surface area contributed by atoms with Gasteiger partial charge in [0, 0.05) is 12.6 Å². The Kier molecular flexibility index (Phi) is 5.26. The van der Waals surface area contributed by atoms with Crippen molar-refractivity contribution >= 4 is 0 Å². The van der Waals surface area contributed by atoms with Gasteiger partial charge in [-0.3, -0.25) is 0 Å². The molecular weight excluding hydrogens is 198 g/mol. The van der Waals surface area contributed by atoms with Gasteiger partial charge in [0.2, 0.25) is 0 Å². The molecule has 0 aliphatic heterocycles. The lowest BCUT2D eigenvalue weighted by Gasteiger charge is -2.39. The van der Waals surface area contributed by atoms with Crippen LogP contribution in [0.1, 0.15) is 59.8 Å². The highest BCUT2D eigenvalue weighted by molar-refractivity contribution is 4.88. The monoisotopic (exact) mass is 227 g/mol. The molecule has 2 nitrogen and oxygen atoms in total. The highest BCUT2D eigenvalue weighted by Crippen LogP contribution is 2.35. The van der Waals surface area contributed by atoms with E-state index in [1.165, 1.54) is 25.7 Å². The topological polar surface area (TPSA) is 32.3 Å². The van der Waals surface area contributed by atoms with E-state index in [-0.39, 0.29) is 6.10 Å². The molecule has 0 saturated heterocycles. The molecule has 1 rings (SSSR count). The molecule has 1 fully saturated rings. The molecule has 1 aliphatic rings. The minimum atomic E-state index is -0.183. The molecule has 2 N–H and O–H groups in total. The van der Waals surface area contributed by atoms with Gasteiger partial charge in [-0.1, -0.05) is 40.5 Å². The number of nitrogens with one attached hydrogen (secondary N) is 1. The Labute approximate surface area is 101 Å². The van der Waals surface area contributed by atoms with E-state index in [0.29, 0.717) is 17.4 Å². The fraction of sp³-hybridized carbons (Fsp3) is 1.00. The summed E-state index contributed by atoms with van der Waals surface area (Å²) in [5.74, 6) is 0.580. The number of hydrogen-bond donors (Lipinski definition) is 2. The van der Waals surface area contributed by atoms with E-state index in [1.807, 2.05) is 0 Å². The molecule has 2 atom stereocenters. The predicted octanol–water partition coefficient (Wildman–Crippen LogP) is 2.95. The third kappa shape index (κ3) is 4.42. The number of rotatable bonds is 5. The Balaban J connectivity index is 2.30. The molecule has 96 valence electrons. The second-order valence-electron chi connectivity index (χ2n) is 6.48. The molecule has 0 heterocycles. The zero-order valence-electron chi connectivity index (χ0n) is 11.4. The van der Waals surface area contributed by atoms with E-state index in [9.17, 15) is 5.11 Å². The van der Waals surface area contributed by atoms with E-state index in [2.05, 4.69) is 33.0 Å². The fourth-order valence-corrected chi connectivity index (χ4v) is 2.78. The normalized spacial score (nSPS) is 27.0. The Morgan fingerprint density at radius 3 is 2.56 bits per heavy atom. The average molecular weight is 227 g/mol. The van der Waals surface area contributed by atoms with Crippen molar-refractivity contribution in [2.24, 2.45) is 11.3 Å². The maximum atomic E-state index is 9.86. The lowest BCUT2D eigenvalue weighted by atomic mass is 9.73. The van der Waals surface area contributed by atoms with Crippen LogP contribution in [0.2, 0.25) is 0 Å². The summed E-state index contributed by atoms with van der Waals surface area (Å²) in [6, 6.07) is 0.586. The van der Waals surface area contributed by atoms with Gasteiger partial charge in [-0.25, -0.2) is 0 Å². The number of aliphatic hydroxyl groups is 1. The van der Waals surface area contributed by atoms with E-state index in [0.717, 1.165) is 13.0 Å². The van der Waals surface area contributed by atoms with Crippen molar-refractivity contribution in [2.45, 2.75) is 71.9 Å². The third-order valence-corrected chi connectivity index (χ3v) is 3.85. The highest BCUT2D eigenvalue weighted by atomic mass is 16.3. The SMILES string of the molecule is CC(C)CC(O)CNC1CCCCC1(C)C. The van der Waals surface area contributed by atoms with Crippen molar-refractivity contribution < 1.29 is 5.11 Å². The van der Waals surface area contributed by atoms with Crippen molar-refractivity contribution in [1.29, 1.82) is 0 Å². The maximum absolute atomic E-state index is 9.86. The first-order valence-electron chi connectivity index (χ1n) is 6.83. The molecule has 2 heteroatoms. The summed E-state index contributed by atoms with van der Waals surface area (Å²) in [5, 5.41) is 13.4. The lowest BCUT2D eigenvalue weighted by Crippen LogP contribution is -2.46. The molecule has 0 aromatic carbocycles. The van der Waals surface area contributed by atoms with Crippen LogP contribution in [0, 0.1) is 11.3 Å². The smallest absolute Gasteiger partial charge is 0.0667 e. The minimum absolute atomic E-state index is 0.183. The molecule has 0 radical (unpaired) electrons. The standard InChI is InChI=1S/C14H29NO/c1-11(2)9-12(16)10-15-13-7-5-6-8-14(13,3)4/h11-13,15-16H,5-10H2,1-4H3. The van der Waals surface area contributed by atoms with Gasteiger partial charge >= 0.3 is 0 Å². The van der Waals surface area contributed by atoms with Gasteiger partial charge in [0.05, 0.1) is 6.10 Å². The number of aliphatic hydroxyl groups excluding tert-OH is 1. The fourth-order valence-electron chi connectivity index (χ4n) is 2.78. The van der Waals surface area contributed by atoms with E-state index in [4.69, 9.17) is 0 Å². The van der Waals surface area contributed by atoms with Crippen LogP contribution in [-0.2, 0) is 0 Å². The van der Waals surface area contributed by atoms with Crippen LogP contribution in [0.5, 0.6) is 0 Å². The summed E-state index contributed by atoms with van der Waals surface area (Å²) < 4.78 is 0. The lowest BCUT2D eigenvalue weighted by molar-refractivity contribution is 0.113. The largest absolute Gasteiger partial charge is 0.392 e. The summed E-state index contributed by atoms with van der Waals surface area (Å²) >= 11 is 0. The van der Waals surface area contributed by atoms with Crippen molar-refractivity contribution in [2.75, 3.05) is 6.54 Å². The van der Waals surface area contributed by atoms with Gasteiger partial charge in [-0.15, -0.1) is 0 Å². The van der Waals surface area contributed by atoms with Crippen molar-refractivity contribution in [3.05, 3.63) is 0 Å². The van der Waals surface area contributed by atoms with Gasteiger partial charge < -0.3 is 10.4 Å². The molecule has 0 bridgehead atoms. The van der Waals surface area contributed by atoms with E-state index in [1.54, 1.807) is 0 Å². The zero-order chi connectivity index (χ0) is 12.2. The van der Waals surface area contributed by atoms with Crippen LogP contribution in [0.3, 0.4) is 0 Å². The first-order chi connectivity index (χ1) is 7.42. The van der Waals surface area contributed by atoms with Gasteiger partial charge in [0.15, 0.2) is 0 Å². The first-order valence-corrected chi connectivity index (χ1v) is 6.83. The predicted molar refractivity (Wildman–Crippen MR) is 69.5 cm³/mol. The summed E-state index contributed by atoms with van der Waals surface area (Å²) in [4.78, 5) is 0. The average Bonchev–Trinajstić information content (AvgIpc) is 2.14.